The number of hydrazone groups is 1. The van der Waals surface area contributed by atoms with E-state index < -0.39 is 5.91 Å². The van der Waals surface area contributed by atoms with Crippen molar-refractivity contribution in [2.45, 2.75) is 0 Å². The van der Waals surface area contributed by atoms with Crippen LogP contribution in [0.4, 0.5) is 0 Å². The second kappa shape index (κ2) is 7.64. The van der Waals surface area contributed by atoms with E-state index in [0.717, 1.165) is 5.56 Å². The van der Waals surface area contributed by atoms with Crippen molar-refractivity contribution in [3.8, 4) is 17.2 Å². The molecule has 6 nitrogen and oxygen atoms in total. The average Bonchev–Trinajstić information content (AvgIpc) is 2.56. The molecule has 0 aromatic heterocycles. The van der Waals surface area contributed by atoms with E-state index in [-0.39, 0.29) is 11.3 Å². The van der Waals surface area contributed by atoms with Gasteiger partial charge in [-0.3, -0.25) is 4.79 Å². The first kappa shape index (κ1) is 16.8. The fraction of sp³-hybridized carbons (Fsp3) is 0.125. The van der Waals surface area contributed by atoms with Gasteiger partial charge in [0.2, 0.25) is 0 Å². The van der Waals surface area contributed by atoms with E-state index in [1.54, 1.807) is 31.4 Å². The van der Waals surface area contributed by atoms with Crippen molar-refractivity contribution < 1.29 is 19.4 Å². The van der Waals surface area contributed by atoms with E-state index in [0.29, 0.717) is 16.0 Å². The summed E-state index contributed by atoms with van der Waals surface area (Å²) < 4.78 is 11.0. The molecule has 0 atom stereocenters. The standard InChI is InChI=1S/C16H15BrN2O4/c1-22-14-6-3-10(7-15(14)23-2)9-18-19-16(21)12-8-11(17)4-5-13(12)20/h3-9,20H,1-2H3,(H,19,21)/b18-9+. The number of rotatable bonds is 5. The van der Waals surface area contributed by atoms with Crippen molar-refractivity contribution in [3.63, 3.8) is 0 Å². The third kappa shape index (κ3) is 4.23. The molecule has 2 N–H and O–H groups in total. The van der Waals surface area contributed by atoms with Crippen LogP contribution in [0.1, 0.15) is 15.9 Å². The number of carbonyl (C=O) groups is 1. The third-order valence-corrected chi connectivity index (χ3v) is 3.48. The van der Waals surface area contributed by atoms with Gasteiger partial charge in [-0.15, -0.1) is 0 Å². The van der Waals surface area contributed by atoms with E-state index in [9.17, 15) is 9.90 Å². The lowest BCUT2D eigenvalue weighted by atomic mass is 10.2. The van der Waals surface area contributed by atoms with Gasteiger partial charge < -0.3 is 14.6 Å². The number of nitrogens with zero attached hydrogens (tertiary/aromatic N) is 1. The molecule has 0 aliphatic carbocycles. The first-order valence-electron chi connectivity index (χ1n) is 6.59. The zero-order valence-electron chi connectivity index (χ0n) is 12.5. The summed E-state index contributed by atoms with van der Waals surface area (Å²) in [5, 5.41) is 13.6. The van der Waals surface area contributed by atoms with Crippen LogP contribution in [0, 0.1) is 0 Å². The molecule has 1 amide bonds. The normalized spacial score (nSPS) is 10.6. The summed E-state index contributed by atoms with van der Waals surface area (Å²) in [4.78, 5) is 12.0. The zero-order chi connectivity index (χ0) is 16.8. The predicted molar refractivity (Wildman–Crippen MR) is 90.4 cm³/mol. The molecule has 2 aromatic rings. The van der Waals surface area contributed by atoms with Gasteiger partial charge in [-0.05, 0) is 42.0 Å². The molecule has 23 heavy (non-hydrogen) atoms. The monoisotopic (exact) mass is 378 g/mol. The molecule has 0 fully saturated rings. The van der Waals surface area contributed by atoms with Crippen molar-refractivity contribution in [2.75, 3.05) is 14.2 Å². The number of phenolic OH excluding ortho intramolecular Hbond substituents is 1. The van der Waals surface area contributed by atoms with Crippen LogP contribution >= 0.6 is 15.9 Å². The molecule has 0 spiro atoms. The van der Waals surface area contributed by atoms with Gasteiger partial charge in [0.15, 0.2) is 11.5 Å². The summed E-state index contributed by atoms with van der Waals surface area (Å²) in [7, 11) is 3.09. The molecule has 2 rings (SSSR count). The summed E-state index contributed by atoms with van der Waals surface area (Å²) in [6.07, 6.45) is 1.47. The summed E-state index contributed by atoms with van der Waals surface area (Å²) in [5.41, 5.74) is 3.21. The fourth-order valence-corrected chi connectivity index (χ4v) is 2.21. The Kier molecular flexibility index (Phi) is 5.59. The van der Waals surface area contributed by atoms with Gasteiger partial charge in [-0.1, -0.05) is 15.9 Å². The number of halogens is 1. The molecule has 0 aliphatic rings. The second-order valence-corrected chi connectivity index (χ2v) is 5.39. The second-order valence-electron chi connectivity index (χ2n) is 4.48. The number of methoxy groups -OCH3 is 2. The number of carbonyl (C=O) groups excluding carboxylic acids is 1. The summed E-state index contributed by atoms with van der Waals surface area (Å²) in [6.45, 7) is 0. The van der Waals surface area contributed by atoms with Crippen molar-refractivity contribution in [3.05, 3.63) is 52.0 Å². The molecule has 0 saturated heterocycles. The third-order valence-electron chi connectivity index (χ3n) is 2.99. The first-order valence-corrected chi connectivity index (χ1v) is 7.38. The van der Waals surface area contributed by atoms with Gasteiger partial charge in [0.1, 0.15) is 5.75 Å². The number of amides is 1. The molecule has 2 aromatic carbocycles. The number of ether oxygens (including phenoxy) is 2. The largest absolute Gasteiger partial charge is 0.507 e. The lowest BCUT2D eigenvalue weighted by Crippen LogP contribution is -2.17. The fourth-order valence-electron chi connectivity index (χ4n) is 1.85. The SMILES string of the molecule is COc1ccc(/C=N/NC(=O)c2cc(Br)ccc2O)cc1OC. The maximum atomic E-state index is 12.0. The lowest BCUT2D eigenvalue weighted by molar-refractivity contribution is 0.0952. The number of hydrogen-bond acceptors (Lipinski definition) is 5. The van der Waals surface area contributed by atoms with Crippen molar-refractivity contribution >= 4 is 28.1 Å². The van der Waals surface area contributed by atoms with Gasteiger partial charge in [0.05, 0.1) is 26.0 Å². The highest BCUT2D eigenvalue weighted by Gasteiger charge is 2.10. The minimum absolute atomic E-state index is 0.119. The topological polar surface area (TPSA) is 80.2 Å². The predicted octanol–water partition coefficient (Wildman–Crippen LogP) is 2.94. The molecule has 0 bridgehead atoms. The molecule has 0 radical (unpaired) electrons. The molecular weight excluding hydrogens is 364 g/mol. The van der Waals surface area contributed by atoms with Crippen LogP contribution in [0.15, 0.2) is 46.0 Å². The minimum Gasteiger partial charge on any atom is -0.507 e. The van der Waals surface area contributed by atoms with Crippen LogP contribution in [0.3, 0.4) is 0 Å². The average molecular weight is 379 g/mol. The highest BCUT2D eigenvalue weighted by Crippen LogP contribution is 2.26. The number of benzene rings is 2. The van der Waals surface area contributed by atoms with Crippen molar-refractivity contribution in [1.29, 1.82) is 0 Å². The number of phenols is 1. The number of nitrogens with one attached hydrogen (secondary N) is 1. The van der Waals surface area contributed by atoms with Crippen LogP contribution in [0.25, 0.3) is 0 Å². The van der Waals surface area contributed by atoms with E-state index >= 15 is 0 Å². The van der Waals surface area contributed by atoms with Gasteiger partial charge >= 0.3 is 0 Å². The van der Waals surface area contributed by atoms with Gasteiger partial charge in [-0.2, -0.15) is 5.10 Å². The lowest BCUT2D eigenvalue weighted by Gasteiger charge is -2.07. The maximum absolute atomic E-state index is 12.0. The zero-order valence-corrected chi connectivity index (χ0v) is 14.1. The number of hydrogen-bond donors (Lipinski definition) is 2. The Balaban J connectivity index is 2.09. The van der Waals surface area contributed by atoms with E-state index in [1.807, 2.05) is 0 Å². The quantitative estimate of drug-likeness (QED) is 0.619. The summed E-state index contributed by atoms with van der Waals surface area (Å²) >= 11 is 3.24. The van der Waals surface area contributed by atoms with Crippen LogP contribution in [-0.2, 0) is 0 Å². The molecule has 7 heteroatoms. The highest BCUT2D eigenvalue weighted by atomic mass is 79.9. The van der Waals surface area contributed by atoms with E-state index in [4.69, 9.17) is 9.47 Å². The minimum atomic E-state index is -0.513. The Morgan fingerprint density at radius 3 is 2.61 bits per heavy atom. The molecule has 0 unspecified atom stereocenters. The molecule has 120 valence electrons. The highest BCUT2D eigenvalue weighted by molar-refractivity contribution is 9.10. The smallest absolute Gasteiger partial charge is 0.275 e. The van der Waals surface area contributed by atoms with Crippen molar-refractivity contribution in [1.82, 2.24) is 5.43 Å². The van der Waals surface area contributed by atoms with Gasteiger partial charge in [0, 0.05) is 4.47 Å². The van der Waals surface area contributed by atoms with Crippen LogP contribution in [0.2, 0.25) is 0 Å². The van der Waals surface area contributed by atoms with Crippen LogP contribution in [-0.4, -0.2) is 31.4 Å². The first-order chi connectivity index (χ1) is 11.0. The van der Waals surface area contributed by atoms with E-state index in [2.05, 4.69) is 26.5 Å². The molecule has 0 heterocycles. The Morgan fingerprint density at radius 1 is 1.17 bits per heavy atom. The van der Waals surface area contributed by atoms with Crippen molar-refractivity contribution in [2.24, 2.45) is 5.10 Å². The summed E-state index contributed by atoms with van der Waals surface area (Å²) in [6, 6.07) is 9.81. The Hall–Kier alpha value is -2.54. The Labute approximate surface area is 141 Å². The Morgan fingerprint density at radius 2 is 1.91 bits per heavy atom. The molecular formula is C16H15BrN2O4. The maximum Gasteiger partial charge on any atom is 0.275 e. The van der Waals surface area contributed by atoms with Gasteiger partial charge in [0.25, 0.3) is 5.91 Å². The van der Waals surface area contributed by atoms with E-state index in [1.165, 1.54) is 25.5 Å². The Bertz CT molecular complexity index is 747. The van der Waals surface area contributed by atoms with Crippen LogP contribution < -0.4 is 14.9 Å². The van der Waals surface area contributed by atoms with Crippen LogP contribution in [0.5, 0.6) is 17.2 Å². The molecule has 0 saturated carbocycles. The number of aromatic hydroxyl groups is 1. The molecule has 0 aliphatic heterocycles. The van der Waals surface area contributed by atoms with Gasteiger partial charge in [-0.25, -0.2) is 5.43 Å². The summed E-state index contributed by atoms with van der Waals surface area (Å²) in [5.74, 6) is 0.535.